The Balaban J connectivity index is 2.46. The van der Waals surface area contributed by atoms with Gasteiger partial charge < -0.3 is 9.53 Å². The van der Waals surface area contributed by atoms with E-state index in [0.29, 0.717) is 11.8 Å². The maximum Gasteiger partial charge on any atom is 0.303 e. The van der Waals surface area contributed by atoms with Crippen LogP contribution in [0.4, 0.5) is 4.39 Å². The number of ether oxygens (including phenoxy) is 1. The van der Waals surface area contributed by atoms with Crippen molar-refractivity contribution in [2.75, 3.05) is 0 Å². The lowest BCUT2D eigenvalue weighted by molar-refractivity contribution is -0.109. The molecular weight excluding hydrogens is 251 g/mol. The van der Waals surface area contributed by atoms with Crippen LogP contribution < -0.4 is 4.74 Å². The molecule has 0 aromatic heterocycles. The Morgan fingerprint density at radius 2 is 2.18 bits per heavy atom. The van der Waals surface area contributed by atoms with Crippen molar-refractivity contribution in [3.05, 3.63) is 29.6 Å². The van der Waals surface area contributed by atoms with E-state index in [4.69, 9.17) is 9.29 Å². The van der Waals surface area contributed by atoms with Crippen LogP contribution in [-0.4, -0.2) is 24.7 Å². The highest BCUT2D eigenvalue weighted by atomic mass is 32.2. The van der Waals surface area contributed by atoms with Gasteiger partial charge in [0.05, 0.1) is 0 Å². The molecule has 0 radical (unpaired) electrons. The van der Waals surface area contributed by atoms with Gasteiger partial charge >= 0.3 is 10.1 Å². The molecule has 0 fully saturated rings. The SMILES string of the molecule is O=CC1CC(S(=O)(=O)O)Oc2ccc(F)cc21. The Labute approximate surface area is 97.0 Å². The van der Waals surface area contributed by atoms with Gasteiger partial charge in [0.1, 0.15) is 17.9 Å². The maximum absolute atomic E-state index is 13.0. The Kier molecular flexibility index (Phi) is 2.88. The lowest BCUT2D eigenvalue weighted by atomic mass is 9.94. The van der Waals surface area contributed by atoms with E-state index < -0.39 is 27.3 Å². The first-order valence-corrected chi connectivity index (χ1v) is 6.30. The minimum absolute atomic E-state index is 0.0948. The normalized spacial score (nSPS) is 23.6. The molecule has 0 bridgehead atoms. The van der Waals surface area contributed by atoms with E-state index in [1.807, 2.05) is 0 Å². The van der Waals surface area contributed by atoms with Gasteiger partial charge in [-0.3, -0.25) is 4.55 Å². The van der Waals surface area contributed by atoms with E-state index in [2.05, 4.69) is 0 Å². The number of carbonyl (C=O) groups is 1. The van der Waals surface area contributed by atoms with Crippen LogP contribution in [0.25, 0.3) is 0 Å². The molecular formula is C10H9FO5S. The number of fused-ring (bicyclic) bond motifs is 1. The summed E-state index contributed by atoms with van der Waals surface area (Å²) in [7, 11) is -4.40. The van der Waals surface area contributed by atoms with Crippen molar-refractivity contribution in [1.29, 1.82) is 0 Å². The number of aldehydes is 1. The summed E-state index contributed by atoms with van der Waals surface area (Å²) < 4.78 is 48.8. The monoisotopic (exact) mass is 260 g/mol. The third kappa shape index (κ3) is 2.29. The number of rotatable bonds is 2. The first kappa shape index (κ1) is 12.0. The molecule has 7 heteroatoms. The molecule has 1 aliphatic rings. The third-order valence-electron chi connectivity index (χ3n) is 2.57. The van der Waals surface area contributed by atoms with Crippen molar-refractivity contribution in [1.82, 2.24) is 0 Å². The first-order chi connectivity index (χ1) is 7.91. The van der Waals surface area contributed by atoms with Crippen LogP contribution in [0.1, 0.15) is 17.9 Å². The summed E-state index contributed by atoms with van der Waals surface area (Å²) >= 11 is 0. The molecule has 1 heterocycles. The van der Waals surface area contributed by atoms with Crippen molar-refractivity contribution in [2.24, 2.45) is 0 Å². The van der Waals surface area contributed by atoms with Crippen LogP contribution in [0.5, 0.6) is 5.75 Å². The Hall–Kier alpha value is -1.47. The molecule has 2 rings (SSSR count). The zero-order valence-corrected chi connectivity index (χ0v) is 9.35. The number of benzene rings is 1. The fourth-order valence-electron chi connectivity index (χ4n) is 1.75. The van der Waals surface area contributed by atoms with Crippen molar-refractivity contribution >= 4 is 16.4 Å². The Bertz CT molecular complexity index is 554. The van der Waals surface area contributed by atoms with Crippen molar-refractivity contribution < 1.29 is 26.9 Å². The minimum atomic E-state index is -4.40. The lowest BCUT2D eigenvalue weighted by Crippen LogP contribution is -2.33. The fourth-order valence-corrected chi connectivity index (χ4v) is 2.43. The molecule has 0 saturated heterocycles. The Morgan fingerprint density at radius 3 is 2.76 bits per heavy atom. The van der Waals surface area contributed by atoms with Crippen LogP contribution in [0, 0.1) is 5.82 Å². The van der Waals surface area contributed by atoms with Crippen LogP contribution >= 0.6 is 0 Å². The van der Waals surface area contributed by atoms with Gasteiger partial charge in [-0.1, -0.05) is 0 Å². The average Bonchev–Trinajstić information content (AvgIpc) is 2.26. The molecule has 1 aliphatic heterocycles. The molecule has 0 spiro atoms. The molecule has 0 saturated carbocycles. The summed E-state index contributed by atoms with van der Waals surface area (Å²) in [5.41, 5.74) is -1.20. The zero-order valence-electron chi connectivity index (χ0n) is 8.54. The van der Waals surface area contributed by atoms with Crippen molar-refractivity contribution in [3.63, 3.8) is 0 Å². The highest BCUT2D eigenvalue weighted by Gasteiger charge is 2.35. The molecule has 92 valence electrons. The molecule has 0 aliphatic carbocycles. The van der Waals surface area contributed by atoms with Crippen LogP contribution in [0.2, 0.25) is 0 Å². The van der Waals surface area contributed by atoms with E-state index in [9.17, 15) is 17.6 Å². The largest absolute Gasteiger partial charge is 0.472 e. The molecule has 1 aromatic carbocycles. The number of hydrogen-bond donors (Lipinski definition) is 1. The average molecular weight is 260 g/mol. The summed E-state index contributed by atoms with van der Waals surface area (Å²) in [4.78, 5) is 10.9. The van der Waals surface area contributed by atoms with E-state index in [1.165, 1.54) is 6.07 Å². The maximum atomic E-state index is 13.0. The topological polar surface area (TPSA) is 80.7 Å². The smallest absolute Gasteiger partial charge is 0.303 e. The van der Waals surface area contributed by atoms with Crippen LogP contribution in [-0.2, 0) is 14.9 Å². The predicted octanol–water partition coefficient (Wildman–Crippen LogP) is 1.10. The van der Waals surface area contributed by atoms with Crippen molar-refractivity contribution in [3.8, 4) is 5.75 Å². The van der Waals surface area contributed by atoms with Gasteiger partial charge in [0.2, 0.25) is 5.44 Å². The van der Waals surface area contributed by atoms with E-state index in [0.717, 1.165) is 12.1 Å². The first-order valence-electron chi connectivity index (χ1n) is 4.79. The standard InChI is InChI=1S/C10H9FO5S/c11-7-1-2-9-8(4-7)6(5-12)3-10(16-9)17(13,14)15/h1-2,4-6,10H,3H2,(H,13,14,15). The number of hydrogen-bond acceptors (Lipinski definition) is 4. The summed E-state index contributed by atoms with van der Waals surface area (Å²) in [6.45, 7) is 0. The number of carbonyl (C=O) groups excluding carboxylic acids is 1. The van der Waals surface area contributed by atoms with Gasteiger partial charge in [-0.2, -0.15) is 8.42 Å². The second-order valence-electron chi connectivity index (χ2n) is 3.72. The summed E-state index contributed by atoms with van der Waals surface area (Å²) in [5.74, 6) is -1.25. The second kappa shape index (κ2) is 4.08. The molecule has 2 atom stereocenters. The minimum Gasteiger partial charge on any atom is -0.472 e. The van der Waals surface area contributed by atoms with Gasteiger partial charge in [-0.25, -0.2) is 4.39 Å². The van der Waals surface area contributed by atoms with Gasteiger partial charge in [0, 0.05) is 17.9 Å². The van der Waals surface area contributed by atoms with Crippen molar-refractivity contribution in [2.45, 2.75) is 17.8 Å². The van der Waals surface area contributed by atoms with Crippen LogP contribution in [0.15, 0.2) is 18.2 Å². The van der Waals surface area contributed by atoms with Crippen LogP contribution in [0.3, 0.4) is 0 Å². The quantitative estimate of drug-likeness (QED) is 0.636. The van der Waals surface area contributed by atoms with E-state index in [1.54, 1.807) is 0 Å². The molecule has 1 N–H and O–H groups in total. The van der Waals surface area contributed by atoms with Gasteiger partial charge in [-0.15, -0.1) is 0 Å². The highest BCUT2D eigenvalue weighted by molar-refractivity contribution is 7.86. The predicted molar refractivity (Wildman–Crippen MR) is 55.8 cm³/mol. The molecule has 17 heavy (non-hydrogen) atoms. The number of halogens is 1. The molecule has 0 amide bonds. The second-order valence-corrected chi connectivity index (χ2v) is 5.28. The third-order valence-corrected chi connectivity index (χ3v) is 3.53. The summed E-state index contributed by atoms with van der Waals surface area (Å²) in [6.07, 6.45) is 0.289. The van der Waals surface area contributed by atoms with E-state index in [-0.39, 0.29) is 12.2 Å². The highest BCUT2D eigenvalue weighted by Crippen LogP contribution is 2.36. The molecule has 5 nitrogen and oxygen atoms in total. The van der Waals surface area contributed by atoms with Gasteiger partial charge in [-0.05, 0) is 18.2 Å². The zero-order chi connectivity index (χ0) is 12.6. The summed E-state index contributed by atoms with van der Waals surface area (Å²) in [5, 5.41) is 0. The lowest BCUT2D eigenvalue weighted by Gasteiger charge is -2.27. The van der Waals surface area contributed by atoms with Gasteiger partial charge in [0.15, 0.2) is 0 Å². The van der Waals surface area contributed by atoms with Gasteiger partial charge in [0.25, 0.3) is 0 Å². The van der Waals surface area contributed by atoms with E-state index >= 15 is 0 Å². The molecule has 1 aromatic rings. The summed E-state index contributed by atoms with van der Waals surface area (Å²) in [6, 6.07) is 3.44. The Morgan fingerprint density at radius 1 is 1.47 bits per heavy atom. The fraction of sp³-hybridized carbons (Fsp3) is 0.300. The molecule has 2 unspecified atom stereocenters.